The maximum absolute atomic E-state index is 12.3. The van der Waals surface area contributed by atoms with Gasteiger partial charge in [0.25, 0.3) is 0 Å². The van der Waals surface area contributed by atoms with Crippen molar-refractivity contribution in [3.63, 3.8) is 0 Å². The molecule has 2 unspecified atom stereocenters. The molecule has 1 heterocycles. The summed E-state index contributed by atoms with van der Waals surface area (Å²) in [5, 5.41) is 3.38. The fourth-order valence-corrected chi connectivity index (χ4v) is 3.20. The molecule has 0 bridgehead atoms. The van der Waals surface area contributed by atoms with Gasteiger partial charge in [0, 0.05) is 32.2 Å². The van der Waals surface area contributed by atoms with Crippen LogP contribution in [0.3, 0.4) is 0 Å². The first kappa shape index (κ1) is 18.0. The fourth-order valence-electron chi connectivity index (χ4n) is 3.20. The third-order valence-electron chi connectivity index (χ3n) is 4.52. The Kier molecular flexibility index (Phi) is 5.89. The lowest BCUT2D eigenvalue weighted by Gasteiger charge is -2.35. The molecule has 1 saturated heterocycles. The number of piperazine rings is 1. The normalized spacial score (nSPS) is 25.6. The van der Waals surface area contributed by atoms with E-state index >= 15 is 0 Å². The molecule has 6 heteroatoms. The smallest absolute Gasteiger partial charge is 0.410 e. The highest BCUT2D eigenvalue weighted by molar-refractivity contribution is 5.78. The predicted octanol–water partition coefficient (Wildman–Crippen LogP) is 1.84. The van der Waals surface area contributed by atoms with Crippen LogP contribution in [0.5, 0.6) is 0 Å². The molecule has 0 radical (unpaired) electrons. The van der Waals surface area contributed by atoms with E-state index in [4.69, 9.17) is 4.74 Å². The molecule has 1 aliphatic carbocycles. The molecule has 6 nitrogen and oxygen atoms in total. The molecule has 0 aromatic carbocycles. The molecule has 0 aromatic rings. The summed E-state index contributed by atoms with van der Waals surface area (Å²) in [5.74, 6) is 0.897. The highest BCUT2D eigenvalue weighted by Gasteiger charge is 2.28. The molecule has 0 spiro atoms. The number of amides is 2. The van der Waals surface area contributed by atoms with Gasteiger partial charge < -0.3 is 19.9 Å². The Balaban J connectivity index is 1.69. The highest BCUT2D eigenvalue weighted by Crippen LogP contribution is 2.24. The van der Waals surface area contributed by atoms with Gasteiger partial charge in [-0.3, -0.25) is 4.79 Å². The van der Waals surface area contributed by atoms with Crippen LogP contribution in [-0.4, -0.2) is 66.2 Å². The lowest BCUT2D eigenvalue weighted by atomic mass is 10.1. The topological polar surface area (TPSA) is 61.9 Å². The second kappa shape index (κ2) is 7.51. The molecule has 1 saturated carbocycles. The van der Waals surface area contributed by atoms with Crippen molar-refractivity contribution in [2.24, 2.45) is 5.92 Å². The minimum atomic E-state index is -0.480. The van der Waals surface area contributed by atoms with Gasteiger partial charge in [-0.25, -0.2) is 4.79 Å². The SMILES string of the molecule is CC1CCC(NCC(=O)N2CCN(C(=O)OC(C)(C)C)CC2)C1. The number of rotatable bonds is 3. The number of hydrogen-bond donors (Lipinski definition) is 1. The van der Waals surface area contributed by atoms with E-state index in [0.717, 1.165) is 5.92 Å². The van der Waals surface area contributed by atoms with Crippen LogP contribution in [0.25, 0.3) is 0 Å². The first-order valence-electron chi connectivity index (χ1n) is 8.73. The van der Waals surface area contributed by atoms with Crippen molar-refractivity contribution in [2.45, 2.75) is 58.6 Å². The second-order valence-corrected chi connectivity index (χ2v) is 7.84. The maximum Gasteiger partial charge on any atom is 0.410 e. The molecular weight excluding hydrogens is 294 g/mol. The van der Waals surface area contributed by atoms with E-state index in [9.17, 15) is 9.59 Å². The molecule has 0 aromatic heterocycles. The van der Waals surface area contributed by atoms with E-state index in [0.29, 0.717) is 38.8 Å². The summed E-state index contributed by atoms with van der Waals surface area (Å²) in [4.78, 5) is 27.8. The van der Waals surface area contributed by atoms with Crippen molar-refractivity contribution in [1.82, 2.24) is 15.1 Å². The van der Waals surface area contributed by atoms with E-state index in [1.54, 1.807) is 4.90 Å². The monoisotopic (exact) mass is 325 g/mol. The Morgan fingerprint density at radius 2 is 1.70 bits per heavy atom. The highest BCUT2D eigenvalue weighted by atomic mass is 16.6. The number of ether oxygens (including phenoxy) is 1. The quantitative estimate of drug-likeness (QED) is 0.860. The fraction of sp³-hybridized carbons (Fsp3) is 0.882. The van der Waals surface area contributed by atoms with Crippen molar-refractivity contribution >= 4 is 12.0 Å². The summed E-state index contributed by atoms with van der Waals surface area (Å²) in [6.45, 7) is 10.5. The van der Waals surface area contributed by atoms with Gasteiger partial charge in [0.1, 0.15) is 5.60 Å². The molecule has 132 valence electrons. The molecule has 23 heavy (non-hydrogen) atoms. The zero-order valence-corrected chi connectivity index (χ0v) is 14.9. The van der Waals surface area contributed by atoms with Crippen molar-refractivity contribution in [1.29, 1.82) is 0 Å². The van der Waals surface area contributed by atoms with E-state index in [2.05, 4.69) is 12.2 Å². The summed E-state index contributed by atoms with van der Waals surface area (Å²) >= 11 is 0. The summed E-state index contributed by atoms with van der Waals surface area (Å²) < 4.78 is 5.37. The van der Waals surface area contributed by atoms with Crippen LogP contribution in [0.1, 0.15) is 47.0 Å². The first-order chi connectivity index (χ1) is 10.7. The maximum atomic E-state index is 12.3. The van der Waals surface area contributed by atoms with Gasteiger partial charge in [-0.05, 0) is 46.0 Å². The van der Waals surface area contributed by atoms with Crippen LogP contribution in [0.4, 0.5) is 4.79 Å². The first-order valence-corrected chi connectivity index (χ1v) is 8.73. The third-order valence-corrected chi connectivity index (χ3v) is 4.52. The molecule has 2 aliphatic rings. The van der Waals surface area contributed by atoms with Crippen molar-refractivity contribution < 1.29 is 14.3 Å². The van der Waals surface area contributed by atoms with Crippen molar-refractivity contribution in [3.8, 4) is 0 Å². The number of nitrogens with one attached hydrogen (secondary N) is 1. The summed E-state index contributed by atoms with van der Waals surface area (Å²) in [6, 6.07) is 0.483. The lowest BCUT2D eigenvalue weighted by Crippen LogP contribution is -2.53. The summed E-state index contributed by atoms with van der Waals surface area (Å²) in [7, 11) is 0. The van der Waals surface area contributed by atoms with Crippen LogP contribution in [0.2, 0.25) is 0 Å². The Morgan fingerprint density at radius 1 is 1.09 bits per heavy atom. The van der Waals surface area contributed by atoms with Crippen molar-refractivity contribution in [3.05, 3.63) is 0 Å². The molecule has 2 atom stereocenters. The Labute approximate surface area is 139 Å². The summed E-state index contributed by atoms with van der Waals surface area (Å²) in [6.07, 6.45) is 3.30. The number of carbonyl (C=O) groups is 2. The van der Waals surface area contributed by atoms with Crippen LogP contribution in [0, 0.1) is 5.92 Å². The van der Waals surface area contributed by atoms with Gasteiger partial charge >= 0.3 is 6.09 Å². The van der Waals surface area contributed by atoms with E-state index < -0.39 is 5.60 Å². The van der Waals surface area contributed by atoms with Gasteiger partial charge in [0.2, 0.25) is 5.91 Å². The Bertz CT molecular complexity index is 425. The largest absolute Gasteiger partial charge is 0.444 e. The van der Waals surface area contributed by atoms with Gasteiger partial charge in [-0.15, -0.1) is 0 Å². The van der Waals surface area contributed by atoms with Gasteiger partial charge in [-0.1, -0.05) is 6.92 Å². The van der Waals surface area contributed by atoms with Crippen LogP contribution >= 0.6 is 0 Å². The minimum absolute atomic E-state index is 0.133. The van der Waals surface area contributed by atoms with E-state index in [1.165, 1.54) is 19.3 Å². The third kappa shape index (κ3) is 5.68. The summed E-state index contributed by atoms with van der Waals surface area (Å²) in [5.41, 5.74) is -0.480. The predicted molar refractivity (Wildman–Crippen MR) is 89.2 cm³/mol. The van der Waals surface area contributed by atoms with Crippen LogP contribution < -0.4 is 5.32 Å². The Hall–Kier alpha value is -1.30. The van der Waals surface area contributed by atoms with Crippen LogP contribution in [0.15, 0.2) is 0 Å². The zero-order chi connectivity index (χ0) is 17.0. The average molecular weight is 325 g/mol. The average Bonchev–Trinajstić information content (AvgIpc) is 2.89. The van der Waals surface area contributed by atoms with Gasteiger partial charge in [0.15, 0.2) is 0 Å². The van der Waals surface area contributed by atoms with Crippen molar-refractivity contribution in [2.75, 3.05) is 32.7 Å². The molecule has 1 N–H and O–H groups in total. The lowest BCUT2D eigenvalue weighted by molar-refractivity contribution is -0.132. The zero-order valence-electron chi connectivity index (χ0n) is 14.9. The Morgan fingerprint density at radius 3 is 2.22 bits per heavy atom. The minimum Gasteiger partial charge on any atom is -0.444 e. The molecular formula is C17H31N3O3. The molecule has 1 aliphatic heterocycles. The second-order valence-electron chi connectivity index (χ2n) is 7.84. The standard InChI is InChI=1S/C17H31N3O3/c1-13-5-6-14(11-13)18-12-15(21)19-7-9-20(10-8-19)16(22)23-17(2,3)4/h13-14,18H,5-12H2,1-4H3. The van der Waals surface area contributed by atoms with E-state index in [1.807, 2.05) is 25.7 Å². The van der Waals surface area contributed by atoms with Gasteiger partial charge in [0.05, 0.1) is 6.54 Å². The van der Waals surface area contributed by atoms with Crippen LogP contribution in [-0.2, 0) is 9.53 Å². The number of nitrogens with zero attached hydrogens (tertiary/aromatic N) is 2. The number of hydrogen-bond acceptors (Lipinski definition) is 4. The molecule has 2 amide bonds. The number of carbonyl (C=O) groups excluding carboxylic acids is 2. The van der Waals surface area contributed by atoms with E-state index in [-0.39, 0.29) is 12.0 Å². The molecule has 2 fully saturated rings. The van der Waals surface area contributed by atoms with Gasteiger partial charge in [-0.2, -0.15) is 0 Å². The molecule has 2 rings (SSSR count).